The molecule has 1 aliphatic heterocycles. The Balaban J connectivity index is 2.09. The summed E-state index contributed by atoms with van der Waals surface area (Å²) in [6.07, 6.45) is 1.87. The molecular weight excluding hydrogens is 324 g/mol. The van der Waals surface area contributed by atoms with Gasteiger partial charge in [0.2, 0.25) is 5.91 Å². The number of piperidine rings is 1. The summed E-state index contributed by atoms with van der Waals surface area (Å²) in [5, 5.41) is 15.0. The maximum absolute atomic E-state index is 12.2. The van der Waals surface area contributed by atoms with Gasteiger partial charge in [-0.2, -0.15) is 0 Å². The second-order valence-corrected chi connectivity index (χ2v) is 6.07. The second kappa shape index (κ2) is 6.37. The molecule has 2 unspecified atom stereocenters. The van der Waals surface area contributed by atoms with Crippen LogP contribution in [-0.2, 0) is 4.79 Å². The van der Waals surface area contributed by atoms with Gasteiger partial charge in [0.1, 0.15) is 0 Å². The summed E-state index contributed by atoms with van der Waals surface area (Å²) in [5.74, 6) is -0.624. The fourth-order valence-corrected chi connectivity index (χ4v) is 2.82. The van der Waals surface area contributed by atoms with Crippen LogP contribution in [0.3, 0.4) is 0 Å². The number of amides is 1. The smallest absolute Gasteiger partial charge is 0.335 e. The average molecular weight is 341 g/mol. The molecule has 0 aromatic heterocycles. The fourth-order valence-electron chi connectivity index (χ4n) is 2.32. The van der Waals surface area contributed by atoms with Crippen LogP contribution in [-0.4, -0.2) is 29.6 Å². The second-order valence-electron chi connectivity index (χ2n) is 5.16. The molecule has 0 aliphatic carbocycles. The Morgan fingerprint density at radius 1 is 1.40 bits per heavy atom. The highest BCUT2D eigenvalue weighted by molar-refractivity contribution is 9.10. The van der Waals surface area contributed by atoms with E-state index in [2.05, 4.69) is 33.5 Å². The minimum absolute atomic E-state index is 0.119. The Bertz CT molecular complexity index is 533. The molecule has 20 heavy (non-hydrogen) atoms. The Morgan fingerprint density at radius 3 is 2.80 bits per heavy atom. The summed E-state index contributed by atoms with van der Waals surface area (Å²) in [5.41, 5.74) is 0.626. The summed E-state index contributed by atoms with van der Waals surface area (Å²) < 4.78 is 0.623. The van der Waals surface area contributed by atoms with Gasteiger partial charge in [-0.05, 0) is 43.5 Å². The van der Waals surface area contributed by atoms with Crippen LogP contribution in [0.2, 0.25) is 0 Å². The highest BCUT2D eigenvalue weighted by Gasteiger charge is 2.24. The number of anilines is 1. The molecule has 108 valence electrons. The van der Waals surface area contributed by atoms with Crippen molar-refractivity contribution in [2.45, 2.75) is 25.8 Å². The first-order valence-electron chi connectivity index (χ1n) is 6.54. The minimum atomic E-state index is -1.02. The normalized spacial score (nSPS) is 22.3. The lowest BCUT2D eigenvalue weighted by Crippen LogP contribution is -2.45. The van der Waals surface area contributed by atoms with Gasteiger partial charge in [0.15, 0.2) is 0 Å². The van der Waals surface area contributed by atoms with Crippen molar-refractivity contribution < 1.29 is 14.7 Å². The first-order chi connectivity index (χ1) is 9.45. The number of aromatic carboxylic acids is 1. The molecule has 1 aromatic rings. The van der Waals surface area contributed by atoms with Gasteiger partial charge in [-0.3, -0.25) is 4.79 Å². The minimum Gasteiger partial charge on any atom is -0.478 e. The van der Waals surface area contributed by atoms with Crippen molar-refractivity contribution in [3.8, 4) is 0 Å². The summed E-state index contributed by atoms with van der Waals surface area (Å²) in [4.78, 5) is 23.2. The average Bonchev–Trinajstić information content (AvgIpc) is 2.37. The number of benzene rings is 1. The van der Waals surface area contributed by atoms with Crippen molar-refractivity contribution in [2.24, 2.45) is 5.92 Å². The quantitative estimate of drug-likeness (QED) is 0.789. The van der Waals surface area contributed by atoms with Gasteiger partial charge in [0.05, 0.1) is 11.6 Å². The predicted molar refractivity (Wildman–Crippen MR) is 79.9 cm³/mol. The molecule has 1 saturated heterocycles. The number of carboxylic acids is 1. The molecule has 1 amide bonds. The fraction of sp³-hybridized carbons (Fsp3) is 0.429. The summed E-state index contributed by atoms with van der Waals surface area (Å²) in [7, 11) is 0. The molecule has 0 bridgehead atoms. The van der Waals surface area contributed by atoms with E-state index >= 15 is 0 Å². The Kier molecular flexibility index (Phi) is 4.77. The number of carboxylic acid groups (broad SMARTS) is 1. The van der Waals surface area contributed by atoms with Gasteiger partial charge < -0.3 is 15.7 Å². The van der Waals surface area contributed by atoms with E-state index in [1.165, 1.54) is 12.1 Å². The van der Waals surface area contributed by atoms with Crippen LogP contribution in [0, 0.1) is 5.92 Å². The highest BCUT2D eigenvalue weighted by atomic mass is 79.9. The van der Waals surface area contributed by atoms with E-state index in [1.54, 1.807) is 6.07 Å². The lowest BCUT2D eigenvalue weighted by molar-refractivity contribution is -0.119. The van der Waals surface area contributed by atoms with E-state index in [-0.39, 0.29) is 17.5 Å². The van der Waals surface area contributed by atoms with Gasteiger partial charge >= 0.3 is 5.97 Å². The van der Waals surface area contributed by atoms with Crippen LogP contribution < -0.4 is 10.6 Å². The SMILES string of the molecule is CC1CCNC(C(=O)Nc2cc(Br)cc(C(=O)O)c2)C1. The standard InChI is InChI=1S/C14H17BrN2O3/c1-8-2-3-16-12(4-8)13(18)17-11-6-9(14(19)20)5-10(15)7-11/h5-8,12,16H,2-4H2,1H3,(H,17,18)(H,19,20). The molecule has 1 aromatic carbocycles. The largest absolute Gasteiger partial charge is 0.478 e. The molecular formula is C14H17BrN2O3. The summed E-state index contributed by atoms with van der Waals surface area (Å²) >= 11 is 3.25. The third-order valence-electron chi connectivity index (χ3n) is 3.39. The van der Waals surface area contributed by atoms with E-state index in [0.29, 0.717) is 16.1 Å². The van der Waals surface area contributed by atoms with Gasteiger partial charge in [0, 0.05) is 10.2 Å². The molecule has 0 spiro atoms. The van der Waals surface area contributed by atoms with E-state index in [9.17, 15) is 9.59 Å². The lowest BCUT2D eigenvalue weighted by Gasteiger charge is -2.27. The molecule has 2 atom stereocenters. The van der Waals surface area contributed by atoms with Crippen molar-refractivity contribution in [3.05, 3.63) is 28.2 Å². The molecule has 0 radical (unpaired) electrons. The molecule has 2 rings (SSSR count). The molecule has 0 saturated carbocycles. The maximum atomic E-state index is 12.2. The Labute approximate surface area is 125 Å². The van der Waals surface area contributed by atoms with Gasteiger partial charge in [-0.25, -0.2) is 4.79 Å². The van der Waals surface area contributed by atoms with Crippen LogP contribution in [0.5, 0.6) is 0 Å². The molecule has 1 aliphatic rings. The molecule has 1 fully saturated rings. The third kappa shape index (κ3) is 3.80. The monoisotopic (exact) mass is 340 g/mol. The van der Waals surface area contributed by atoms with Crippen molar-refractivity contribution in [2.75, 3.05) is 11.9 Å². The maximum Gasteiger partial charge on any atom is 0.335 e. The molecule has 1 heterocycles. The predicted octanol–water partition coefficient (Wildman–Crippen LogP) is 2.47. The van der Waals surface area contributed by atoms with Crippen LogP contribution >= 0.6 is 15.9 Å². The van der Waals surface area contributed by atoms with E-state index < -0.39 is 5.97 Å². The lowest BCUT2D eigenvalue weighted by atomic mass is 9.94. The number of carbonyl (C=O) groups excluding carboxylic acids is 1. The molecule has 3 N–H and O–H groups in total. The van der Waals surface area contributed by atoms with Gasteiger partial charge in [-0.15, -0.1) is 0 Å². The van der Waals surface area contributed by atoms with Crippen LogP contribution in [0.25, 0.3) is 0 Å². The number of hydrogen-bond acceptors (Lipinski definition) is 3. The van der Waals surface area contributed by atoms with Crippen molar-refractivity contribution in [3.63, 3.8) is 0 Å². The third-order valence-corrected chi connectivity index (χ3v) is 3.85. The zero-order valence-electron chi connectivity index (χ0n) is 11.1. The molecule has 5 nitrogen and oxygen atoms in total. The van der Waals surface area contributed by atoms with Gasteiger partial charge in [-0.1, -0.05) is 22.9 Å². The summed E-state index contributed by atoms with van der Waals surface area (Å²) in [6, 6.07) is 4.43. The van der Waals surface area contributed by atoms with Crippen molar-refractivity contribution in [1.82, 2.24) is 5.32 Å². The Morgan fingerprint density at radius 2 is 2.15 bits per heavy atom. The van der Waals surface area contributed by atoms with Crippen LogP contribution in [0.4, 0.5) is 5.69 Å². The zero-order valence-corrected chi connectivity index (χ0v) is 12.7. The van der Waals surface area contributed by atoms with E-state index in [1.807, 2.05) is 0 Å². The van der Waals surface area contributed by atoms with E-state index in [4.69, 9.17) is 5.11 Å². The summed E-state index contributed by atoms with van der Waals surface area (Å²) in [6.45, 7) is 2.96. The van der Waals surface area contributed by atoms with E-state index in [0.717, 1.165) is 19.4 Å². The Hall–Kier alpha value is -1.40. The van der Waals surface area contributed by atoms with Crippen molar-refractivity contribution >= 4 is 33.5 Å². The highest BCUT2D eigenvalue weighted by Crippen LogP contribution is 2.21. The van der Waals surface area contributed by atoms with Crippen LogP contribution in [0.1, 0.15) is 30.1 Å². The number of hydrogen-bond donors (Lipinski definition) is 3. The molecule has 6 heteroatoms. The zero-order chi connectivity index (χ0) is 14.7. The number of rotatable bonds is 3. The first-order valence-corrected chi connectivity index (χ1v) is 7.33. The first kappa shape index (κ1) is 15.0. The number of halogens is 1. The van der Waals surface area contributed by atoms with Crippen molar-refractivity contribution in [1.29, 1.82) is 0 Å². The topological polar surface area (TPSA) is 78.4 Å². The number of nitrogens with one attached hydrogen (secondary N) is 2. The number of carbonyl (C=O) groups is 2. The van der Waals surface area contributed by atoms with Gasteiger partial charge in [0.25, 0.3) is 0 Å². The van der Waals surface area contributed by atoms with Crippen LogP contribution in [0.15, 0.2) is 22.7 Å².